The van der Waals surface area contributed by atoms with Crippen LogP contribution in [0, 0.1) is 12.7 Å². The molecule has 0 amide bonds. The largest absolute Gasteiger partial charge is 0.399 e. The van der Waals surface area contributed by atoms with Gasteiger partial charge in [0.2, 0.25) is 0 Å². The van der Waals surface area contributed by atoms with Gasteiger partial charge in [0.05, 0.1) is 11.0 Å². The number of hydrogen-bond acceptors (Lipinski definition) is 2. The van der Waals surface area contributed by atoms with Gasteiger partial charge in [-0.2, -0.15) is 0 Å². The molecule has 1 fully saturated rings. The number of benzene rings is 2. The molecule has 2 N–H and O–H groups in total. The Labute approximate surface area is 122 Å². The molecular formula is C17H16FN3. The van der Waals surface area contributed by atoms with Crippen LogP contribution < -0.4 is 5.73 Å². The van der Waals surface area contributed by atoms with E-state index in [2.05, 4.69) is 4.57 Å². The first kappa shape index (κ1) is 12.4. The van der Waals surface area contributed by atoms with E-state index in [9.17, 15) is 4.39 Å². The molecule has 0 aliphatic heterocycles. The van der Waals surface area contributed by atoms with Crippen molar-refractivity contribution in [2.75, 3.05) is 5.73 Å². The summed E-state index contributed by atoms with van der Waals surface area (Å²) in [6, 6.07) is 11.1. The van der Waals surface area contributed by atoms with Crippen molar-refractivity contribution >= 4 is 16.7 Å². The summed E-state index contributed by atoms with van der Waals surface area (Å²) in [5.41, 5.74) is 10.5. The molecule has 1 heterocycles. The molecule has 0 spiro atoms. The van der Waals surface area contributed by atoms with Crippen molar-refractivity contribution in [3.05, 3.63) is 47.8 Å². The summed E-state index contributed by atoms with van der Waals surface area (Å²) < 4.78 is 15.8. The van der Waals surface area contributed by atoms with Gasteiger partial charge >= 0.3 is 0 Å². The van der Waals surface area contributed by atoms with E-state index < -0.39 is 0 Å². The number of rotatable bonds is 2. The Bertz CT molecular complexity index is 847. The molecule has 0 bridgehead atoms. The van der Waals surface area contributed by atoms with Gasteiger partial charge in [-0.15, -0.1) is 0 Å². The summed E-state index contributed by atoms with van der Waals surface area (Å²) in [6.07, 6.45) is 2.26. The van der Waals surface area contributed by atoms with Crippen molar-refractivity contribution in [1.29, 1.82) is 0 Å². The zero-order chi connectivity index (χ0) is 14.6. The minimum Gasteiger partial charge on any atom is -0.399 e. The van der Waals surface area contributed by atoms with Gasteiger partial charge in [0, 0.05) is 17.3 Å². The van der Waals surface area contributed by atoms with Gasteiger partial charge < -0.3 is 10.3 Å². The second kappa shape index (κ2) is 4.32. The number of nitrogens with two attached hydrogens (primary N) is 1. The van der Waals surface area contributed by atoms with Crippen LogP contribution in [0.4, 0.5) is 10.1 Å². The normalized spacial score (nSPS) is 14.8. The minimum atomic E-state index is -0.218. The minimum absolute atomic E-state index is 0.218. The Morgan fingerprint density at radius 2 is 2.00 bits per heavy atom. The van der Waals surface area contributed by atoms with E-state index in [0.717, 1.165) is 46.5 Å². The smallest absolute Gasteiger partial charge is 0.141 e. The number of aryl methyl sites for hydroxylation is 1. The third kappa shape index (κ3) is 1.98. The van der Waals surface area contributed by atoms with Gasteiger partial charge in [-0.05, 0) is 61.7 Å². The predicted molar refractivity (Wildman–Crippen MR) is 82.5 cm³/mol. The number of nitrogens with zero attached hydrogens (tertiary/aromatic N) is 2. The maximum absolute atomic E-state index is 13.6. The van der Waals surface area contributed by atoms with Crippen LogP contribution >= 0.6 is 0 Å². The van der Waals surface area contributed by atoms with Crippen LogP contribution in [0.15, 0.2) is 36.4 Å². The fourth-order valence-electron chi connectivity index (χ4n) is 2.90. The van der Waals surface area contributed by atoms with Crippen LogP contribution in [0.5, 0.6) is 0 Å². The Hall–Kier alpha value is -2.36. The molecular weight excluding hydrogens is 265 g/mol. The van der Waals surface area contributed by atoms with Gasteiger partial charge in [0.25, 0.3) is 0 Å². The number of fused-ring (bicyclic) bond motifs is 1. The van der Waals surface area contributed by atoms with Crippen LogP contribution in [0.25, 0.3) is 22.4 Å². The van der Waals surface area contributed by atoms with E-state index in [0.29, 0.717) is 6.04 Å². The van der Waals surface area contributed by atoms with E-state index >= 15 is 0 Å². The van der Waals surface area contributed by atoms with Gasteiger partial charge in [-0.3, -0.25) is 0 Å². The molecule has 106 valence electrons. The fraction of sp³-hybridized carbons (Fsp3) is 0.235. The standard InChI is InChI=1S/C17H16FN3/c1-10-8-12(19)3-6-14(10)17-20-15-7-2-11(18)9-16(15)21(17)13-4-5-13/h2-3,6-9,13H,4-5,19H2,1H3. The molecule has 0 unspecified atom stereocenters. The lowest BCUT2D eigenvalue weighted by Crippen LogP contribution is -1.99. The van der Waals surface area contributed by atoms with Crippen molar-refractivity contribution in [2.24, 2.45) is 0 Å². The molecule has 1 aliphatic rings. The van der Waals surface area contributed by atoms with Crippen molar-refractivity contribution < 1.29 is 4.39 Å². The molecule has 21 heavy (non-hydrogen) atoms. The zero-order valence-electron chi connectivity index (χ0n) is 11.8. The second-order valence-corrected chi connectivity index (χ2v) is 5.74. The highest BCUT2D eigenvalue weighted by Gasteiger charge is 2.29. The van der Waals surface area contributed by atoms with E-state index in [4.69, 9.17) is 10.7 Å². The van der Waals surface area contributed by atoms with Crippen molar-refractivity contribution in [3.8, 4) is 11.4 Å². The topological polar surface area (TPSA) is 43.8 Å². The molecule has 4 rings (SSSR count). The van der Waals surface area contributed by atoms with Gasteiger partial charge in [0.15, 0.2) is 0 Å². The number of imidazole rings is 1. The summed E-state index contributed by atoms with van der Waals surface area (Å²) in [5, 5.41) is 0. The highest BCUT2D eigenvalue weighted by atomic mass is 19.1. The third-order valence-corrected chi connectivity index (χ3v) is 4.05. The molecule has 0 radical (unpaired) electrons. The second-order valence-electron chi connectivity index (χ2n) is 5.74. The molecule has 1 saturated carbocycles. The number of anilines is 1. The first-order valence-electron chi connectivity index (χ1n) is 7.17. The molecule has 0 saturated heterocycles. The summed E-state index contributed by atoms with van der Waals surface area (Å²) in [5.74, 6) is 0.695. The van der Waals surface area contributed by atoms with Crippen LogP contribution in [0.1, 0.15) is 24.4 Å². The molecule has 0 atom stereocenters. The Balaban J connectivity index is 2.01. The summed E-state index contributed by atoms with van der Waals surface area (Å²) in [4.78, 5) is 4.73. The quantitative estimate of drug-likeness (QED) is 0.720. The summed E-state index contributed by atoms with van der Waals surface area (Å²) >= 11 is 0. The van der Waals surface area contributed by atoms with Crippen molar-refractivity contribution in [3.63, 3.8) is 0 Å². The van der Waals surface area contributed by atoms with Crippen LogP contribution in [-0.2, 0) is 0 Å². The fourth-order valence-corrected chi connectivity index (χ4v) is 2.90. The van der Waals surface area contributed by atoms with Crippen LogP contribution in [0.2, 0.25) is 0 Å². The predicted octanol–water partition coefficient (Wildman–Crippen LogP) is 4.07. The SMILES string of the molecule is Cc1cc(N)ccc1-c1nc2ccc(F)cc2n1C1CC1. The lowest BCUT2D eigenvalue weighted by Gasteiger charge is -2.10. The summed E-state index contributed by atoms with van der Waals surface area (Å²) in [6.45, 7) is 2.03. The molecule has 4 heteroatoms. The highest BCUT2D eigenvalue weighted by Crippen LogP contribution is 2.42. The number of hydrogen-bond donors (Lipinski definition) is 1. The molecule has 1 aliphatic carbocycles. The van der Waals surface area contributed by atoms with Gasteiger partial charge in [-0.25, -0.2) is 9.37 Å². The lowest BCUT2D eigenvalue weighted by atomic mass is 10.1. The Kier molecular flexibility index (Phi) is 2.55. The Morgan fingerprint density at radius 1 is 1.19 bits per heavy atom. The number of aromatic nitrogens is 2. The van der Waals surface area contributed by atoms with Crippen molar-refractivity contribution in [1.82, 2.24) is 9.55 Å². The van der Waals surface area contributed by atoms with Crippen molar-refractivity contribution in [2.45, 2.75) is 25.8 Å². The number of halogens is 1. The summed E-state index contributed by atoms with van der Waals surface area (Å²) in [7, 11) is 0. The number of nitrogen functional groups attached to an aromatic ring is 1. The van der Waals surface area contributed by atoms with Crippen LogP contribution in [0.3, 0.4) is 0 Å². The third-order valence-electron chi connectivity index (χ3n) is 4.05. The average Bonchev–Trinajstić information content (AvgIpc) is 3.20. The maximum atomic E-state index is 13.6. The van der Waals surface area contributed by atoms with E-state index in [1.165, 1.54) is 6.07 Å². The van der Waals surface area contributed by atoms with E-state index in [-0.39, 0.29) is 5.82 Å². The molecule has 1 aromatic heterocycles. The lowest BCUT2D eigenvalue weighted by molar-refractivity contribution is 0.628. The van der Waals surface area contributed by atoms with E-state index in [1.54, 1.807) is 12.1 Å². The van der Waals surface area contributed by atoms with E-state index in [1.807, 2.05) is 25.1 Å². The maximum Gasteiger partial charge on any atom is 0.141 e. The highest BCUT2D eigenvalue weighted by molar-refractivity contribution is 5.82. The Morgan fingerprint density at radius 3 is 2.71 bits per heavy atom. The zero-order valence-corrected chi connectivity index (χ0v) is 11.8. The molecule has 2 aromatic carbocycles. The molecule has 3 nitrogen and oxygen atoms in total. The van der Waals surface area contributed by atoms with Gasteiger partial charge in [0.1, 0.15) is 11.6 Å². The monoisotopic (exact) mass is 281 g/mol. The average molecular weight is 281 g/mol. The van der Waals surface area contributed by atoms with Crippen LogP contribution in [-0.4, -0.2) is 9.55 Å². The first-order valence-corrected chi connectivity index (χ1v) is 7.17. The molecule has 3 aromatic rings. The first-order chi connectivity index (χ1) is 10.1. The van der Waals surface area contributed by atoms with Gasteiger partial charge in [-0.1, -0.05) is 0 Å².